The Bertz CT molecular complexity index is 855. The second-order valence-corrected chi connectivity index (χ2v) is 12.5. The Morgan fingerprint density at radius 1 is 0.800 bits per heavy atom. The average molecular weight is 472 g/mol. The zero-order chi connectivity index (χ0) is 19.0. The van der Waals surface area contributed by atoms with Crippen molar-refractivity contribution in [2.24, 2.45) is 0 Å². The van der Waals surface area contributed by atoms with Gasteiger partial charge in [0.25, 0.3) is 0 Å². The van der Waals surface area contributed by atoms with Crippen LogP contribution in [-0.4, -0.2) is 13.0 Å². The molecule has 3 nitrogen and oxygen atoms in total. The van der Waals surface area contributed by atoms with Crippen LogP contribution in [0.5, 0.6) is 0 Å². The van der Waals surface area contributed by atoms with Gasteiger partial charge in [-0.15, -0.1) is 0 Å². The van der Waals surface area contributed by atoms with Gasteiger partial charge < -0.3 is 4.55 Å². The molecule has 0 aliphatic rings. The fraction of sp³-hybridized carbons (Fsp3) is 0.400. The minimum Gasteiger partial charge on any atom is -0.744 e. The van der Waals surface area contributed by atoms with Crippen LogP contribution in [0.15, 0.2) is 47.4 Å². The highest BCUT2D eigenvalue weighted by molar-refractivity contribution is 7.85. The molecule has 2 rings (SSSR count). The standard InChI is InChI=1S/C20H25IO3S/c1-19(2,3)14-7-10-16(11-8-14)21-17-12-9-15(20(4,5)6)13-18(17)25(22,23)24/h7-13H,1-6H3. The molecule has 0 saturated carbocycles. The molecule has 136 valence electrons. The van der Waals surface area contributed by atoms with Gasteiger partial charge in [0.2, 0.25) is 3.57 Å². The minimum atomic E-state index is -4.49. The molecule has 0 aliphatic carbocycles. The van der Waals surface area contributed by atoms with Gasteiger partial charge in [0, 0.05) is 0 Å². The van der Waals surface area contributed by atoms with Crippen molar-refractivity contribution in [3.8, 4) is 0 Å². The van der Waals surface area contributed by atoms with E-state index < -0.39 is 31.3 Å². The number of halogens is 1. The summed E-state index contributed by atoms with van der Waals surface area (Å²) in [5.74, 6) is 0. The summed E-state index contributed by atoms with van der Waals surface area (Å²) in [4.78, 5) is -0.0624. The van der Waals surface area contributed by atoms with Gasteiger partial charge in [-0.3, -0.25) is 0 Å². The molecule has 25 heavy (non-hydrogen) atoms. The first-order chi connectivity index (χ1) is 11.3. The van der Waals surface area contributed by atoms with Crippen LogP contribution in [0.25, 0.3) is 0 Å². The van der Waals surface area contributed by atoms with Gasteiger partial charge in [-0.05, 0) is 46.2 Å². The summed E-state index contributed by atoms with van der Waals surface area (Å²) in [7, 11) is -4.49. The van der Waals surface area contributed by atoms with Crippen molar-refractivity contribution in [1.82, 2.24) is 0 Å². The first-order valence-electron chi connectivity index (χ1n) is 8.14. The molecule has 0 aliphatic heterocycles. The van der Waals surface area contributed by atoms with Gasteiger partial charge in [-0.2, -0.15) is 0 Å². The maximum Gasteiger partial charge on any atom is 0.359 e. The molecule has 0 bridgehead atoms. The summed E-state index contributed by atoms with van der Waals surface area (Å²) in [5.41, 5.74) is 1.97. The molecule has 0 atom stereocenters. The van der Waals surface area contributed by atoms with E-state index in [2.05, 4.69) is 32.9 Å². The van der Waals surface area contributed by atoms with E-state index in [-0.39, 0.29) is 15.7 Å². The monoisotopic (exact) mass is 472 g/mol. The van der Waals surface area contributed by atoms with Crippen LogP contribution in [0.3, 0.4) is 0 Å². The second-order valence-electron chi connectivity index (χ2n) is 8.20. The van der Waals surface area contributed by atoms with Crippen LogP contribution in [0, 0.1) is 7.14 Å². The van der Waals surface area contributed by atoms with E-state index in [1.54, 1.807) is 6.07 Å². The highest BCUT2D eigenvalue weighted by Gasteiger charge is 2.26. The van der Waals surface area contributed by atoms with Gasteiger partial charge in [0.1, 0.15) is 15.0 Å². The SMILES string of the molecule is CC(C)(C)c1ccc([I+]c2ccc(C(C)(C)C)cc2S(=O)(=O)[O-])cc1. The third kappa shape index (κ3) is 5.28. The van der Waals surface area contributed by atoms with Crippen molar-refractivity contribution >= 4 is 10.1 Å². The van der Waals surface area contributed by atoms with Crippen LogP contribution in [0.1, 0.15) is 52.7 Å². The predicted molar refractivity (Wildman–Crippen MR) is 95.6 cm³/mol. The number of rotatable bonds is 3. The van der Waals surface area contributed by atoms with Gasteiger partial charge in [0.15, 0.2) is 3.57 Å². The lowest BCUT2D eigenvalue weighted by Gasteiger charge is -2.20. The first-order valence-corrected chi connectivity index (χ1v) is 11.7. The Kier molecular flexibility index (Phi) is 5.71. The van der Waals surface area contributed by atoms with Crippen LogP contribution in [0.4, 0.5) is 0 Å². The predicted octanol–water partition coefficient (Wildman–Crippen LogP) is 1.31. The van der Waals surface area contributed by atoms with E-state index in [0.29, 0.717) is 3.57 Å². The molecule has 0 saturated heterocycles. The van der Waals surface area contributed by atoms with Crippen molar-refractivity contribution in [2.45, 2.75) is 57.3 Å². The minimum absolute atomic E-state index is 0.0624. The molecular weight excluding hydrogens is 447 g/mol. The van der Waals surface area contributed by atoms with E-state index in [0.717, 1.165) is 9.13 Å². The summed E-state index contributed by atoms with van der Waals surface area (Å²) >= 11 is -0.737. The quantitative estimate of drug-likeness (QED) is 0.500. The molecule has 5 heteroatoms. The molecule has 0 amide bonds. The normalized spacial score (nSPS) is 13.1. The van der Waals surface area contributed by atoms with Gasteiger partial charge in [-0.25, -0.2) is 8.42 Å². The zero-order valence-electron chi connectivity index (χ0n) is 15.6. The fourth-order valence-corrected chi connectivity index (χ4v) is 6.19. The Labute approximate surface area is 161 Å². The number of hydrogen-bond acceptors (Lipinski definition) is 3. The Hall–Kier alpha value is -0.920. The summed E-state index contributed by atoms with van der Waals surface area (Å²) < 4.78 is 37.1. The second kappa shape index (κ2) is 7.00. The molecule has 0 heterocycles. The Morgan fingerprint density at radius 3 is 1.72 bits per heavy atom. The van der Waals surface area contributed by atoms with E-state index >= 15 is 0 Å². The summed E-state index contributed by atoms with van der Waals surface area (Å²) in [6.07, 6.45) is 0. The van der Waals surface area contributed by atoms with Crippen molar-refractivity contribution in [3.63, 3.8) is 0 Å². The van der Waals surface area contributed by atoms with Crippen molar-refractivity contribution < 1.29 is 34.2 Å². The molecule has 0 aromatic heterocycles. The van der Waals surface area contributed by atoms with Gasteiger partial charge in [-0.1, -0.05) is 59.7 Å². The zero-order valence-corrected chi connectivity index (χ0v) is 18.5. The maximum absolute atomic E-state index is 11.8. The van der Waals surface area contributed by atoms with E-state index in [1.165, 1.54) is 5.56 Å². The Morgan fingerprint density at radius 2 is 1.28 bits per heavy atom. The van der Waals surface area contributed by atoms with Crippen LogP contribution in [0.2, 0.25) is 0 Å². The first kappa shape index (κ1) is 20.4. The van der Waals surface area contributed by atoms with Crippen LogP contribution in [-0.2, 0) is 20.9 Å². The van der Waals surface area contributed by atoms with Crippen molar-refractivity contribution in [2.75, 3.05) is 0 Å². The Balaban J connectivity index is 2.43. The number of hydrogen-bond donors (Lipinski definition) is 0. The summed E-state index contributed by atoms with van der Waals surface area (Å²) in [6, 6.07) is 13.6. The average Bonchev–Trinajstić information content (AvgIpc) is 2.45. The smallest absolute Gasteiger partial charge is 0.359 e. The molecule has 2 aromatic carbocycles. The summed E-state index contributed by atoms with van der Waals surface area (Å²) in [6.45, 7) is 12.5. The molecule has 0 radical (unpaired) electrons. The van der Waals surface area contributed by atoms with Crippen LogP contribution < -0.4 is 21.2 Å². The third-order valence-electron chi connectivity index (χ3n) is 3.99. The summed E-state index contributed by atoms with van der Waals surface area (Å²) in [5, 5.41) is 0. The lowest BCUT2D eigenvalue weighted by atomic mass is 9.87. The fourth-order valence-electron chi connectivity index (χ4n) is 2.37. The molecule has 0 spiro atoms. The van der Waals surface area contributed by atoms with E-state index in [9.17, 15) is 13.0 Å². The largest absolute Gasteiger partial charge is 0.744 e. The van der Waals surface area contributed by atoms with E-state index in [4.69, 9.17) is 0 Å². The molecule has 2 aromatic rings. The maximum atomic E-state index is 11.8. The number of benzene rings is 2. The van der Waals surface area contributed by atoms with Crippen molar-refractivity contribution in [1.29, 1.82) is 0 Å². The third-order valence-corrected chi connectivity index (χ3v) is 8.09. The van der Waals surface area contributed by atoms with Crippen LogP contribution >= 0.6 is 0 Å². The van der Waals surface area contributed by atoms with Crippen molar-refractivity contribution in [3.05, 3.63) is 60.7 Å². The molecule has 0 unspecified atom stereocenters. The lowest BCUT2D eigenvalue weighted by molar-refractivity contribution is -0.601. The molecular formula is C20H25IO3S. The highest BCUT2D eigenvalue weighted by atomic mass is 127. The lowest BCUT2D eigenvalue weighted by Crippen LogP contribution is -3.61. The van der Waals surface area contributed by atoms with E-state index in [1.807, 2.05) is 45.0 Å². The van der Waals surface area contributed by atoms with Gasteiger partial charge >= 0.3 is 21.2 Å². The highest BCUT2D eigenvalue weighted by Crippen LogP contribution is 2.24. The topological polar surface area (TPSA) is 57.2 Å². The molecule has 0 N–H and O–H groups in total. The molecule has 0 fully saturated rings. The van der Waals surface area contributed by atoms with Gasteiger partial charge in [0.05, 0.1) is 0 Å².